The molecule has 0 saturated carbocycles. The first-order valence-electron chi connectivity index (χ1n) is 6.53. The Bertz CT molecular complexity index is 274. The number of nitrogens with zero attached hydrogens (tertiary/aromatic N) is 2. The van der Waals surface area contributed by atoms with E-state index in [0.717, 1.165) is 25.9 Å². The maximum absolute atomic E-state index is 12.3. The minimum absolute atomic E-state index is 0.0214. The Hall–Kier alpha value is -1.06. The zero-order valence-electron chi connectivity index (χ0n) is 11.5. The van der Waals surface area contributed by atoms with Crippen molar-refractivity contribution in [2.75, 3.05) is 26.2 Å². The summed E-state index contributed by atoms with van der Waals surface area (Å²) in [5.74, 6) is -0.0775. The SMILES string of the molecule is CCN(CC)C(=O)C(C)(C)C(=O)N1CCCC1. The van der Waals surface area contributed by atoms with E-state index < -0.39 is 5.41 Å². The van der Waals surface area contributed by atoms with Crippen LogP contribution in [0.5, 0.6) is 0 Å². The Morgan fingerprint density at radius 3 is 2.00 bits per heavy atom. The molecular weight excluding hydrogens is 216 g/mol. The highest BCUT2D eigenvalue weighted by atomic mass is 16.2. The van der Waals surface area contributed by atoms with E-state index in [0.29, 0.717) is 13.1 Å². The van der Waals surface area contributed by atoms with Gasteiger partial charge in [0.2, 0.25) is 11.8 Å². The predicted molar refractivity (Wildman–Crippen MR) is 67.5 cm³/mol. The Labute approximate surface area is 104 Å². The van der Waals surface area contributed by atoms with Crippen LogP contribution in [0.25, 0.3) is 0 Å². The van der Waals surface area contributed by atoms with Crippen molar-refractivity contribution in [1.29, 1.82) is 0 Å². The zero-order valence-corrected chi connectivity index (χ0v) is 11.5. The van der Waals surface area contributed by atoms with Gasteiger partial charge in [-0.05, 0) is 40.5 Å². The van der Waals surface area contributed by atoms with Gasteiger partial charge in [-0.15, -0.1) is 0 Å². The third kappa shape index (κ3) is 2.79. The van der Waals surface area contributed by atoms with Crippen LogP contribution >= 0.6 is 0 Å². The van der Waals surface area contributed by atoms with Gasteiger partial charge < -0.3 is 9.80 Å². The van der Waals surface area contributed by atoms with Gasteiger partial charge in [0.05, 0.1) is 0 Å². The molecule has 0 spiro atoms. The molecule has 2 amide bonds. The van der Waals surface area contributed by atoms with E-state index in [9.17, 15) is 9.59 Å². The van der Waals surface area contributed by atoms with Gasteiger partial charge in [0.25, 0.3) is 0 Å². The van der Waals surface area contributed by atoms with Crippen LogP contribution < -0.4 is 0 Å². The van der Waals surface area contributed by atoms with Gasteiger partial charge in [0.1, 0.15) is 5.41 Å². The monoisotopic (exact) mass is 240 g/mol. The molecule has 4 heteroatoms. The standard InChI is InChI=1S/C13H24N2O2/c1-5-14(6-2)11(16)13(3,4)12(17)15-9-7-8-10-15/h5-10H2,1-4H3. The molecular formula is C13H24N2O2. The Kier molecular flexibility index (Phi) is 4.54. The molecule has 0 radical (unpaired) electrons. The summed E-state index contributed by atoms with van der Waals surface area (Å²) in [6.45, 7) is 10.3. The highest BCUT2D eigenvalue weighted by Crippen LogP contribution is 2.24. The molecule has 1 saturated heterocycles. The van der Waals surface area contributed by atoms with E-state index in [1.54, 1.807) is 18.7 Å². The third-order valence-electron chi connectivity index (χ3n) is 3.51. The topological polar surface area (TPSA) is 40.6 Å². The second-order valence-electron chi connectivity index (χ2n) is 5.10. The van der Waals surface area contributed by atoms with E-state index in [-0.39, 0.29) is 11.8 Å². The van der Waals surface area contributed by atoms with Gasteiger partial charge in [-0.2, -0.15) is 0 Å². The molecule has 1 aliphatic rings. The van der Waals surface area contributed by atoms with E-state index in [4.69, 9.17) is 0 Å². The molecule has 0 bridgehead atoms. The zero-order chi connectivity index (χ0) is 13.1. The summed E-state index contributed by atoms with van der Waals surface area (Å²) >= 11 is 0. The predicted octanol–water partition coefficient (Wildman–Crippen LogP) is 1.50. The van der Waals surface area contributed by atoms with Crippen molar-refractivity contribution in [2.24, 2.45) is 5.41 Å². The third-order valence-corrected chi connectivity index (χ3v) is 3.51. The number of carbonyl (C=O) groups is 2. The molecule has 4 nitrogen and oxygen atoms in total. The first kappa shape index (κ1) is 14.0. The maximum atomic E-state index is 12.3. The summed E-state index contributed by atoms with van der Waals surface area (Å²) in [4.78, 5) is 28.2. The summed E-state index contributed by atoms with van der Waals surface area (Å²) in [7, 11) is 0. The molecule has 1 rings (SSSR count). The van der Waals surface area contributed by atoms with Gasteiger partial charge in [-0.1, -0.05) is 0 Å². The molecule has 1 fully saturated rings. The summed E-state index contributed by atoms with van der Waals surface area (Å²) in [6, 6.07) is 0. The van der Waals surface area contributed by atoms with Gasteiger partial charge in [0.15, 0.2) is 0 Å². The van der Waals surface area contributed by atoms with Gasteiger partial charge in [-0.25, -0.2) is 0 Å². The minimum atomic E-state index is -0.920. The van der Waals surface area contributed by atoms with Crippen LogP contribution in [-0.2, 0) is 9.59 Å². The fourth-order valence-electron chi connectivity index (χ4n) is 2.31. The average molecular weight is 240 g/mol. The highest BCUT2D eigenvalue weighted by molar-refractivity contribution is 6.04. The van der Waals surface area contributed by atoms with Crippen molar-refractivity contribution in [3.05, 3.63) is 0 Å². The van der Waals surface area contributed by atoms with Crippen LogP contribution in [0.15, 0.2) is 0 Å². The van der Waals surface area contributed by atoms with Gasteiger partial charge in [-0.3, -0.25) is 9.59 Å². The molecule has 0 aromatic rings. The van der Waals surface area contributed by atoms with Gasteiger partial charge in [0, 0.05) is 26.2 Å². The van der Waals surface area contributed by atoms with Crippen molar-refractivity contribution in [1.82, 2.24) is 9.80 Å². The lowest BCUT2D eigenvalue weighted by molar-refractivity contribution is -0.153. The normalized spacial score (nSPS) is 16.1. The number of hydrogen-bond donors (Lipinski definition) is 0. The van der Waals surface area contributed by atoms with Crippen molar-refractivity contribution in [3.63, 3.8) is 0 Å². The van der Waals surface area contributed by atoms with E-state index in [1.165, 1.54) is 0 Å². The molecule has 1 heterocycles. The van der Waals surface area contributed by atoms with Crippen molar-refractivity contribution in [3.8, 4) is 0 Å². The van der Waals surface area contributed by atoms with Crippen LogP contribution in [0.4, 0.5) is 0 Å². The van der Waals surface area contributed by atoms with Crippen molar-refractivity contribution < 1.29 is 9.59 Å². The van der Waals surface area contributed by atoms with Crippen LogP contribution in [0.3, 0.4) is 0 Å². The first-order valence-corrected chi connectivity index (χ1v) is 6.53. The van der Waals surface area contributed by atoms with Crippen LogP contribution in [-0.4, -0.2) is 47.8 Å². The van der Waals surface area contributed by atoms with Crippen molar-refractivity contribution >= 4 is 11.8 Å². The molecule has 0 aromatic heterocycles. The van der Waals surface area contributed by atoms with Crippen LogP contribution in [0.2, 0.25) is 0 Å². The molecule has 0 atom stereocenters. The van der Waals surface area contributed by atoms with E-state index in [2.05, 4.69) is 0 Å². The lowest BCUT2D eigenvalue weighted by Crippen LogP contribution is -2.50. The Morgan fingerprint density at radius 2 is 1.59 bits per heavy atom. The second-order valence-corrected chi connectivity index (χ2v) is 5.10. The minimum Gasteiger partial charge on any atom is -0.342 e. The quantitative estimate of drug-likeness (QED) is 0.699. The van der Waals surface area contributed by atoms with Crippen molar-refractivity contribution in [2.45, 2.75) is 40.5 Å². The fourth-order valence-corrected chi connectivity index (χ4v) is 2.31. The highest BCUT2D eigenvalue weighted by Gasteiger charge is 2.41. The fraction of sp³-hybridized carbons (Fsp3) is 0.846. The number of rotatable bonds is 4. The largest absolute Gasteiger partial charge is 0.342 e. The number of likely N-dealkylation sites (tertiary alicyclic amines) is 1. The van der Waals surface area contributed by atoms with Crippen LogP contribution in [0.1, 0.15) is 40.5 Å². The van der Waals surface area contributed by atoms with E-state index in [1.807, 2.05) is 18.7 Å². The maximum Gasteiger partial charge on any atom is 0.237 e. The molecule has 0 aromatic carbocycles. The summed E-state index contributed by atoms with van der Waals surface area (Å²) < 4.78 is 0. The second kappa shape index (κ2) is 5.52. The molecule has 0 unspecified atom stereocenters. The molecule has 98 valence electrons. The number of carbonyl (C=O) groups excluding carboxylic acids is 2. The summed E-state index contributed by atoms with van der Waals surface area (Å²) in [5, 5.41) is 0. The lowest BCUT2D eigenvalue weighted by atomic mass is 9.89. The van der Waals surface area contributed by atoms with Crippen LogP contribution in [0, 0.1) is 5.41 Å². The first-order chi connectivity index (χ1) is 7.95. The number of hydrogen-bond acceptors (Lipinski definition) is 2. The van der Waals surface area contributed by atoms with E-state index >= 15 is 0 Å². The Morgan fingerprint density at radius 1 is 1.12 bits per heavy atom. The summed E-state index contributed by atoms with van der Waals surface area (Å²) in [6.07, 6.45) is 2.11. The molecule has 0 aliphatic carbocycles. The Balaban J connectivity index is 2.77. The summed E-state index contributed by atoms with van der Waals surface area (Å²) in [5.41, 5.74) is -0.920. The average Bonchev–Trinajstić information content (AvgIpc) is 2.82. The smallest absolute Gasteiger partial charge is 0.237 e. The van der Waals surface area contributed by atoms with Gasteiger partial charge >= 0.3 is 0 Å². The molecule has 1 aliphatic heterocycles. The number of amides is 2. The molecule has 17 heavy (non-hydrogen) atoms. The molecule has 0 N–H and O–H groups in total. The lowest BCUT2D eigenvalue weighted by Gasteiger charge is -2.32.